The fourth-order valence-corrected chi connectivity index (χ4v) is 2.35. The Hall–Kier alpha value is -1.000. The number of carbonyl (C=O) groups excluding carboxylic acids is 2. The van der Waals surface area contributed by atoms with Crippen LogP contribution in [0, 0.1) is 0 Å². The van der Waals surface area contributed by atoms with E-state index in [2.05, 4.69) is 5.32 Å². The molecule has 0 aliphatic carbocycles. The second-order valence-electron chi connectivity index (χ2n) is 3.21. The lowest BCUT2D eigenvalue weighted by molar-refractivity contribution is -0.118. The molecule has 0 aromatic heterocycles. The van der Waals surface area contributed by atoms with E-state index in [1.54, 1.807) is 12.1 Å². The van der Waals surface area contributed by atoms with Crippen molar-refractivity contribution in [1.82, 2.24) is 5.32 Å². The summed E-state index contributed by atoms with van der Waals surface area (Å²) in [5, 5.41) is 2.35. The van der Waals surface area contributed by atoms with Crippen LogP contribution in [0.15, 0.2) is 24.3 Å². The maximum absolute atomic E-state index is 11.3. The van der Waals surface area contributed by atoms with Gasteiger partial charge in [-0.15, -0.1) is 0 Å². The van der Waals surface area contributed by atoms with Crippen LogP contribution in [0.2, 0.25) is 5.02 Å². The standard InChI is InChI=1S/C10H8ClNO2S/c11-7-3-1-6(2-4-7)5-8-9(13)12-10(14)15-8/h1-4,8H,5H2,(H,12,13,14)/t8-/m1/s1. The number of rotatable bonds is 2. The maximum Gasteiger partial charge on any atom is 0.286 e. The number of nitrogens with one attached hydrogen (secondary N) is 1. The Bertz CT molecular complexity index is 404. The summed E-state index contributed by atoms with van der Waals surface area (Å²) >= 11 is 6.78. The van der Waals surface area contributed by atoms with E-state index in [4.69, 9.17) is 11.6 Å². The summed E-state index contributed by atoms with van der Waals surface area (Å²) in [6.45, 7) is 0. The van der Waals surface area contributed by atoms with Crippen molar-refractivity contribution in [3.05, 3.63) is 34.9 Å². The van der Waals surface area contributed by atoms with Gasteiger partial charge in [0, 0.05) is 5.02 Å². The van der Waals surface area contributed by atoms with Gasteiger partial charge >= 0.3 is 0 Å². The van der Waals surface area contributed by atoms with Crippen molar-refractivity contribution in [3.63, 3.8) is 0 Å². The average Bonchev–Trinajstić information content (AvgIpc) is 2.49. The van der Waals surface area contributed by atoms with Gasteiger partial charge in [-0.1, -0.05) is 35.5 Å². The maximum atomic E-state index is 11.3. The zero-order valence-corrected chi connectivity index (χ0v) is 9.27. The first kappa shape index (κ1) is 10.5. The first-order valence-electron chi connectivity index (χ1n) is 4.41. The van der Waals surface area contributed by atoms with E-state index in [9.17, 15) is 9.59 Å². The summed E-state index contributed by atoms with van der Waals surface area (Å²) in [5.41, 5.74) is 1.00. The minimum atomic E-state index is -0.307. The van der Waals surface area contributed by atoms with Crippen LogP contribution in [-0.2, 0) is 11.2 Å². The Morgan fingerprint density at radius 3 is 2.47 bits per heavy atom. The molecule has 0 spiro atoms. The predicted molar refractivity (Wildman–Crippen MR) is 60.1 cm³/mol. The van der Waals surface area contributed by atoms with E-state index in [-0.39, 0.29) is 16.4 Å². The summed E-state index contributed by atoms with van der Waals surface area (Å²) in [5.74, 6) is -0.208. The molecule has 15 heavy (non-hydrogen) atoms. The molecule has 2 amide bonds. The van der Waals surface area contributed by atoms with Crippen molar-refractivity contribution in [2.45, 2.75) is 11.7 Å². The highest BCUT2D eigenvalue weighted by atomic mass is 35.5. The van der Waals surface area contributed by atoms with E-state index in [0.717, 1.165) is 17.3 Å². The lowest BCUT2D eigenvalue weighted by atomic mass is 10.1. The van der Waals surface area contributed by atoms with Gasteiger partial charge in [0.2, 0.25) is 5.91 Å². The highest BCUT2D eigenvalue weighted by Gasteiger charge is 2.31. The number of thioether (sulfide) groups is 1. The Labute approximate surface area is 96.2 Å². The van der Waals surface area contributed by atoms with E-state index in [1.165, 1.54) is 0 Å². The molecule has 1 aliphatic rings. The molecule has 0 bridgehead atoms. The summed E-state index contributed by atoms with van der Waals surface area (Å²) < 4.78 is 0. The molecule has 1 atom stereocenters. The number of benzene rings is 1. The minimum absolute atomic E-state index is 0.208. The molecular weight excluding hydrogens is 234 g/mol. The van der Waals surface area contributed by atoms with Crippen molar-refractivity contribution in [3.8, 4) is 0 Å². The fourth-order valence-electron chi connectivity index (χ4n) is 1.36. The zero-order chi connectivity index (χ0) is 10.8. The van der Waals surface area contributed by atoms with Gasteiger partial charge in [0.25, 0.3) is 5.24 Å². The molecule has 1 heterocycles. The third kappa shape index (κ3) is 2.52. The second kappa shape index (κ2) is 4.24. The van der Waals surface area contributed by atoms with Gasteiger partial charge in [0.1, 0.15) is 0 Å². The van der Waals surface area contributed by atoms with Crippen molar-refractivity contribution in [1.29, 1.82) is 0 Å². The highest BCUT2D eigenvalue weighted by Crippen LogP contribution is 2.23. The summed E-state index contributed by atoms with van der Waals surface area (Å²) in [4.78, 5) is 22.2. The Morgan fingerprint density at radius 1 is 1.27 bits per heavy atom. The van der Waals surface area contributed by atoms with Gasteiger partial charge in [0.05, 0.1) is 5.25 Å². The van der Waals surface area contributed by atoms with Crippen LogP contribution in [0.4, 0.5) is 4.79 Å². The third-order valence-electron chi connectivity index (χ3n) is 2.10. The summed E-state index contributed by atoms with van der Waals surface area (Å²) in [6.07, 6.45) is 0.555. The van der Waals surface area contributed by atoms with Crippen LogP contribution in [0.3, 0.4) is 0 Å². The van der Waals surface area contributed by atoms with E-state index in [1.807, 2.05) is 12.1 Å². The molecule has 0 radical (unpaired) electrons. The first-order chi connectivity index (χ1) is 7.15. The Kier molecular flexibility index (Phi) is 2.98. The molecule has 3 nitrogen and oxygen atoms in total. The van der Waals surface area contributed by atoms with E-state index < -0.39 is 0 Å². The molecular formula is C10H8ClNO2S. The van der Waals surface area contributed by atoms with Crippen LogP contribution < -0.4 is 5.32 Å². The van der Waals surface area contributed by atoms with Crippen LogP contribution in [0.1, 0.15) is 5.56 Å². The van der Waals surface area contributed by atoms with Gasteiger partial charge in [-0.2, -0.15) is 0 Å². The number of hydrogen-bond acceptors (Lipinski definition) is 3. The monoisotopic (exact) mass is 241 g/mol. The second-order valence-corrected chi connectivity index (χ2v) is 4.83. The SMILES string of the molecule is O=C1NC(=O)[C@@H](Cc2ccc(Cl)cc2)S1. The van der Waals surface area contributed by atoms with Gasteiger partial charge < -0.3 is 0 Å². The summed E-state index contributed by atoms with van der Waals surface area (Å²) in [6, 6.07) is 7.27. The largest absolute Gasteiger partial charge is 0.286 e. The number of carbonyl (C=O) groups is 2. The van der Waals surface area contributed by atoms with Crippen molar-refractivity contribution in [2.24, 2.45) is 0 Å². The van der Waals surface area contributed by atoms with Crippen LogP contribution in [0.5, 0.6) is 0 Å². The van der Waals surface area contributed by atoms with Crippen LogP contribution >= 0.6 is 23.4 Å². The third-order valence-corrected chi connectivity index (χ3v) is 3.33. The van der Waals surface area contributed by atoms with Crippen molar-refractivity contribution in [2.75, 3.05) is 0 Å². The molecule has 1 aromatic carbocycles. The lowest BCUT2D eigenvalue weighted by Crippen LogP contribution is -2.25. The van der Waals surface area contributed by atoms with Crippen molar-refractivity contribution < 1.29 is 9.59 Å². The zero-order valence-electron chi connectivity index (χ0n) is 7.70. The quantitative estimate of drug-likeness (QED) is 0.864. The van der Waals surface area contributed by atoms with E-state index >= 15 is 0 Å². The summed E-state index contributed by atoms with van der Waals surface area (Å²) in [7, 11) is 0. The van der Waals surface area contributed by atoms with Gasteiger partial charge in [-0.25, -0.2) is 0 Å². The molecule has 1 aromatic rings. The number of imide groups is 1. The van der Waals surface area contributed by atoms with Gasteiger partial charge in [-0.05, 0) is 24.1 Å². The average molecular weight is 242 g/mol. The molecule has 0 saturated carbocycles. The Balaban J connectivity index is 2.06. The molecule has 5 heteroatoms. The number of hydrogen-bond donors (Lipinski definition) is 1. The topological polar surface area (TPSA) is 46.2 Å². The van der Waals surface area contributed by atoms with Gasteiger partial charge in [0.15, 0.2) is 0 Å². The molecule has 1 aliphatic heterocycles. The van der Waals surface area contributed by atoms with E-state index in [0.29, 0.717) is 11.4 Å². The minimum Gasteiger partial charge on any atom is -0.286 e. The lowest BCUT2D eigenvalue weighted by Gasteiger charge is -2.04. The first-order valence-corrected chi connectivity index (χ1v) is 5.67. The number of amides is 2. The molecule has 1 saturated heterocycles. The smallest absolute Gasteiger partial charge is 0.286 e. The fraction of sp³-hybridized carbons (Fsp3) is 0.200. The van der Waals surface area contributed by atoms with Gasteiger partial charge in [-0.3, -0.25) is 14.9 Å². The normalized spacial score (nSPS) is 20.5. The predicted octanol–water partition coefficient (Wildman–Crippen LogP) is 2.23. The van der Waals surface area contributed by atoms with Crippen molar-refractivity contribution >= 4 is 34.5 Å². The molecule has 2 rings (SSSR count). The molecule has 78 valence electrons. The number of halogens is 1. The van der Waals surface area contributed by atoms with Crippen LogP contribution in [-0.4, -0.2) is 16.4 Å². The highest BCUT2D eigenvalue weighted by molar-refractivity contribution is 8.15. The van der Waals surface area contributed by atoms with Crippen LogP contribution in [0.25, 0.3) is 0 Å². The Morgan fingerprint density at radius 2 is 1.93 bits per heavy atom. The molecule has 1 N–H and O–H groups in total. The molecule has 0 unspecified atom stereocenters. The molecule has 1 fully saturated rings.